The zero-order valence-electron chi connectivity index (χ0n) is 18.9. The van der Waals surface area contributed by atoms with E-state index < -0.39 is 18.0 Å². The summed E-state index contributed by atoms with van der Waals surface area (Å²) in [5.41, 5.74) is 2.60. The van der Waals surface area contributed by atoms with Crippen LogP contribution < -0.4 is 15.8 Å². The van der Waals surface area contributed by atoms with Crippen LogP contribution in [0.25, 0.3) is 0 Å². The Labute approximate surface area is 192 Å². The first kappa shape index (κ1) is 21.4. The molecule has 0 unspecified atom stereocenters. The third-order valence-electron chi connectivity index (χ3n) is 7.05. The number of urea groups is 1. The van der Waals surface area contributed by atoms with Gasteiger partial charge in [-0.3, -0.25) is 14.4 Å². The van der Waals surface area contributed by atoms with Crippen molar-refractivity contribution in [2.24, 2.45) is 5.92 Å². The van der Waals surface area contributed by atoms with Crippen LogP contribution in [0.2, 0.25) is 0 Å². The van der Waals surface area contributed by atoms with Crippen molar-refractivity contribution in [3.8, 4) is 0 Å². The number of carbonyl (C=O) groups excluding carboxylic acids is 3. The standard InChI is InChI=1S/C25H28N4O4/c1-15(2)17-6-8-19(9-7-17)29-24(32)20(26-25(29)33)11-23(31)27-12-16-10-18(14-27)21-4-3-5-22(30)28(21)13-16/h3-9,15-16,18,20H,10-14H2,1-2H3,(H,26,33)/t16-,18+,20-/m0/s1. The fourth-order valence-electron chi connectivity index (χ4n) is 5.33. The smallest absolute Gasteiger partial charge is 0.329 e. The molecule has 4 heterocycles. The predicted octanol–water partition coefficient (Wildman–Crippen LogP) is 2.43. The van der Waals surface area contributed by atoms with Gasteiger partial charge in [-0.15, -0.1) is 0 Å². The van der Waals surface area contributed by atoms with Crippen LogP contribution in [0.4, 0.5) is 10.5 Å². The number of likely N-dealkylation sites (tertiary alicyclic amines) is 1. The maximum absolute atomic E-state index is 13.1. The Morgan fingerprint density at radius 3 is 2.52 bits per heavy atom. The van der Waals surface area contributed by atoms with Crippen molar-refractivity contribution in [2.45, 2.75) is 51.1 Å². The van der Waals surface area contributed by atoms with Crippen LogP contribution in [-0.4, -0.2) is 46.4 Å². The van der Waals surface area contributed by atoms with Gasteiger partial charge >= 0.3 is 6.03 Å². The average molecular weight is 449 g/mol. The van der Waals surface area contributed by atoms with Crippen LogP contribution in [0, 0.1) is 5.92 Å². The molecule has 1 aromatic heterocycles. The number of hydrogen-bond donors (Lipinski definition) is 1. The topological polar surface area (TPSA) is 91.7 Å². The molecule has 0 radical (unpaired) electrons. The van der Waals surface area contributed by atoms with E-state index in [1.54, 1.807) is 29.2 Å². The van der Waals surface area contributed by atoms with Gasteiger partial charge in [0, 0.05) is 37.3 Å². The van der Waals surface area contributed by atoms with E-state index in [9.17, 15) is 19.2 Å². The lowest BCUT2D eigenvalue weighted by Crippen LogP contribution is -2.50. The van der Waals surface area contributed by atoms with Crippen molar-refractivity contribution >= 4 is 23.5 Å². The van der Waals surface area contributed by atoms with Gasteiger partial charge in [0.05, 0.1) is 12.1 Å². The monoisotopic (exact) mass is 448 g/mol. The SMILES string of the molecule is CC(C)c1ccc(N2C(=O)N[C@@H](CC(=O)N3C[C@@H]4C[C@H](C3)c3cccc(=O)n3C4)C2=O)cc1. The molecule has 2 fully saturated rings. The Morgan fingerprint density at radius 1 is 1.03 bits per heavy atom. The summed E-state index contributed by atoms with van der Waals surface area (Å²) in [7, 11) is 0. The van der Waals surface area contributed by atoms with Crippen molar-refractivity contribution in [1.29, 1.82) is 0 Å². The molecule has 0 saturated carbocycles. The molecule has 2 saturated heterocycles. The van der Waals surface area contributed by atoms with Crippen molar-refractivity contribution in [3.05, 3.63) is 64.1 Å². The van der Waals surface area contributed by atoms with E-state index in [1.807, 2.05) is 22.8 Å². The third kappa shape index (κ3) is 3.83. The molecule has 2 bridgehead atoms. The lowest BCUT2D eigenvalue weighted by molar-refractivity contribution is -0.136. The number of pyridine rings is 1. The molecule has 33 heavy (non-hydrogen) atoms. The highest BCUT2D eigenvalue weighted by Crippen LogP contribution is 2.35. The van der Waals surface area contributed by atoms with E-state index in [1.165, 1.54) is 0 Å². The Morgan fingerprint density at radius 2 is 1.79 bits per heavy atom. The number of nitrogens with one attached hydrogen (secondary N) is 1. The summed E-state index contributed by atoms with van der Waals surface area (Å²) < 4.78 is 1.82. The lowest BCUT2D eigenvalue weighted by Gasteiger charge is -2.43. The average Bonchev–Trinajstić information content (AvgIpc) is 3.07. The number of nitrogens with zero attached hydrogens (tertiary/aromatic N) is 3. The van der Waals surface area contributed by atoms with Gasteiger partial charge in [-0.25, -0.2) is 9.69 Å². The van der Waals surface area contributed by atoms with E-state index in [2.05, 4.69) is 19.2 Å². The molecule has 2 aromatic rings. The van der Waals surface area contributed by atoms with Gasteiger partial charge in [0.2, 0.25) is 5.91 Å². The zero-order valence-corrected chi connectivity index (χ0v) is 18.9. The number of aromatic nitrogens is 1. The molecule has 8 nitrogen and oxygen atoms in total. The Kier molecular flexibility index (Phi) is 5.31. The largest absolute Gasteiger partial charge is 0.342 e. The maximum Gasteiger partial charge on any atom is 0.329 e. The highest BCUT2D eigenvalue weighted by atomic mass is 16.2. The first-order valence-electron chi connectivity index (χ1n) is 11.5. The maximum atomic E-state index is 13.1. The van der Waals surface area contributed by atoms with E-state index >= 15 is 0 Å². The minimum absolute atomic E-state index is 0.00256. The number of carbonyl (C=O) groups is 3. The van der Waals surface area contributed by atoms with Crippen molar-refractivity contribution in [2.75, 3.05) is 18.0 Å². The number of benzene rings is 1. The Hall–Kier alpha value is -3.42. The molecule has 172 valence electrons. The van der Waals surface area contributed by atoms with Crippen LogP contribution in [0.15, 0.2) is 47.3 Å². The number of rotatable bonds is 4. The highest BCUT2D eigenvalue weighted by Gasteiger charge is 2.42. The van der Waals surface area contributed by atoms with Crippen molar-refractivity contribution in [1.82, 2.24) is 14.8 Å². The van der Waals surface area contributed by atoms with Gasteiger partial charge in [-0.2, -0.15) is 0 Å². The second kappa shape index (κ2) is 8.17. The summed E-state index contributed by atoms with van der Waals surface area (Å²) in [5, 5.41) is 2.68. The minimum Gasteiger partial charge on any atom is -0.342 e. The first-order chi connectivity index (χ1) is 15.8. The molecule has 3 atom stereocenters. The van der Waals surface area contributed by atoms with Crippen LogP contribution in [0.1, 0.15) is 49.8 Å². The molecular formula is C25H28N4O4. The van der Waals surface area contributed by atoms with Gasteiger partial charge in [-0.1, -0.05) is 32.0 Å². The van der Waals surface area contributed by atoms with Gasteiger partial charge in [-0.05, 0) is 42.0 Å². The van der Waals surface area contributed by atoms with Crippen LogP contribution in [-0.2, 0) is 16.1 Å². The number of fused-ring (bicyclic) bond motifs is 4. The summed E-state index contributed by atoms with van der Waals surface area (Å²) in [6.07, 6.45) is 0.888. The third-order valence-corrected chi connectivity index (χ3v) is 7.05. The molecular weight excluding hydrogens is 420 g/mol. The summed E-state index contributed by atoms with van der Waals surface area (Å²) in [6.45, 7) is 5.85. The summed E-state index contributed by atoms with van der Waals surface area (Å²) >= 11 is 0. The molecule has 5 rings (SSSR count). The minimum atomic E-state index is -0.869. The molecule has 4 amide bonds. The first-order valence-corrected chi connectivity index (χ1v) is 11.5. The van der Waals surface area contributed by atoms with Gasteiger partial charge in [0.25, 0.3) is 11.5 Å². The zero-order chi connectivity index (χ0) is 23.3. The second-order valence-electron chi connectivity index (χ2n) is 9.62. The van der Waals surface area contributed by atoms with E-state index in [4.69, 9.17) is 0 Å². The Bertz CT molecular complexity index is 1170. The fourth-order valence-corrected chi connectivity index (χ4v) is 5.33. The summed E-state index contributed by atoms with van der Waals surface area (Å²) in [5.74, 6) is 0.124. The molecule has 3 aliphatic heterocycles. The quantitative estimate of drug-likeness (QED) is 0.728. The number of anilines is 1. The van der Waals surface area contributed by atoms with E-state index in [0.717, 1.165) is 22.6 Å². The summed E-state index contributed by atoms with van der Waals surface area (Å²) in [6, 6.07) is 11.3. The highest BCUT2D eigenvalue weighted by molar-refractivity contribution is 6.22. The van der Waals surface area contributed by atoms with Gasteiger partial charge < -0.3 is 14.8 Å². The Balaban J connectivity index is 1.27. The van der Waals surface area contributed by atoms with Crippen LogP contribution in [0.3, 0.4) is 0 Å². The molecule has 0 spiro atoms. The molecule has 1 N–H and O–H groups in total. The van der Waals surface area contributed by atoms with Crippen LogP contribution in [0.5, 0.6) is 0 Å². The number of amides is 4. The lowest BCUT2D eigenvalue weighted by atomic mass is 9.83. The predicted molar refractivity (Wildman–Crippen MR) is 123 cm³/mol. The second-order valence-corrected chi connectivity index (χ2v) is 9.62. The normalized spacial score (nSPS) is 24.2. The van der Waals surface area contributed by atoms with Gasteiger partial charge in [0.15, 0.2) is 0 Å². The molecule has 0 aliphatic carbocycles. The fraction of sp³-hybridized carbons (Fsp3) is 0.440. The van der Waals surface area contributed by atoms with E-state index in [-0.39, 0.29) is 29.7 Å². The molecule has 3 aliphatic rings. The van der Waals surface area contributed by atoms with Crippen LogP contribution >= 0.6 is 0 Å². The van der Waals surface area contributed by atoms with Crippen molar-refractivity contribution in [3.63, 3.8) is 0 Å². The van der Waals surface area contributed by atoms with E-state index in [0.29, 0.717) is 31.2 Å². The van der Waals surface area contributed by atoms with Crippen molar-refractivity contribution < 1.29 is 14.4 Å². The number of hydrogen-bond acceptors (Lipinski definition) is 4. The summed E-state index contributed by atoms with van der Waals surface area (Å²) in [4.78, 5) is 53.8. The molecule has 8 heteroatoms. The van der Waals surface area contributed by atoms with Gasteiger partial charge in [0.1, 0.15) is 6.04 Å². The number of piperidine rings is 1. The number of imide groups is 1. The molecule has 1 aromatic carbocycles.